The number of hydrogen-bond acceptors (Lipinski definition) is 8. The molecule has 0 fully saturated rings. The average molecular weight is 602 g/mol. The number of amides is 2. The van der Waals surface area contributed by atoms with E-state index in [1.165, 1.54) is 42.6 Å². The van der Waals surface area contributed by atoms with Crippen molar-refractivity contribution in [1.82, 2.24) is 9.29 Å². The fraction of sp³-hybridized carbons (Fsp3) is 0.0909. The molecule has 2 heterocycles. The number of nitrogens with zero attached hydrogens (tertiary/aromatic N) is 1. The fourth-order valence-electron chi connectivity index (χ4n) is 3.49. The fourth-order valence-corrected chi connectivity index (χ4v) is 7.02. The summed E-state index contributed by atoms with van der Waals surface area (Å²) in [6.45, 7) is 0. The zero-order chi connectivity index (χ0) is 27.1. The third-order valence-corrected chi connectivity index (χ3v) is 9.66. The first-order chi connectivity index (χ1) is 17.3. The number of sulfone groups is 1. The molecule has 10 nitrogen and oxygen atoms in total. The molecule has 15 heteroatoms. The van der Waals surface area contributed by atoms with Crippen LogP contribution < -0.4 is 20.9 Å². The van der Waals surface area contributed by atoms with Gasteiger partial charge in [-0.25, -0.2) is 26.4 Å². The van der Waals surface area contributed by atoms with E-state index >= 15 is 0 Å². The second-order valence-electron chi connectivity index (χ2n) is 7.74. The summed E-state index contributed by atoms with van der Waals surface area (Å²) in [7, 11) is -6.20. The zero-order valence-corrected chi connectivity index (χ0v) is 23.0. The lowest BCUT2D eigenvalue weighted by molar-refractivity contribution is 0.256. The van der Waals surface area contributed by atoms with Crippen LogP contribution in [0.1, 0.15) is 0 Å². The summed E-state index contributed by atoms with van der Waals surface area (Å²) < 4.78 is 52.8. The van der Waals surface area contributed by atoms with Gasteiger partial charge in [0.2, 0.25) is 0 Å². The van der Waals surface area contributed by atoms with E-state index < -0.39 is 31.5 Å². The van der Waals surface area contributed by atoms with Gasteiger partial charge < -0.3 is 10.6 Å². The highest BCUT2D eigenvalue weighted by Crippen LogP contribution is 2.29. The molecule has 0 aliphatic carbocycles. The summed E-state index contributed by atoms with van der Waals surface area (Å²) >= 11 is 12.9. The number of fused-ring (bicyclic) bond motifs is 1. The van der Waals surface area contributed by atoms with Crippen LogP contribution in [0.2, 0.25) is 9.36 Å². The van der Waals surface area contributed by atoms with Crippen LogP contribution in [0.15, 0.2) is 68.6 Å². The highest BCUT2D eigenvalue weighted by molar-refractivity contribution is 7.92. The molecule has 0 saturated carbocycles. The molecule has 0 bridgehead atoms. The Morgan fingerprint density at radius 3 is 2.24 bits per heavy atom. The lowest BCUT2D eigenvalue weighted by Gasteiger charge is -2.15. The number of pyridine rings is 1. The smallest absolute Gasteiger partial charge is 0.333 e. The van der Waals surface area contributed by atoms with Crippen molar-refractivity contribution >= 4 is 82.6 Å². The van der Waals surface area contributed by atoms with Gasteiger partial charge >= 0.3 is 6.03 Å². The molecular weight excluding hydrogens is 583 g/mol. The maximum absolute atomic E-state index is 13.3. The van der Waals surface area contributed by atoms with E-state index in [-0.39, 0.29) is 40.6 Å². The number of benzene rings is 2. The lowest BCUT2D eigenvalue weighted by atomic mass is 10.1. The molecule has 2 amide bonds. The summed E-state index contributed by atoms with van der Waals surface area (Å²) in [5.74, 6) is 0. The van der Waals surface area contributed by atoms with Gasteiger partial charge in [-0.05, 0) is 48.5 Å². The Morgan fingerprint density at radius 2 is 1.65 bits per heavy atom. The van der Waals surface area contributed by atoms with Gasteiger partial charge in [-0.3, -0.25) is 9.36 Å². The highest BCUT2D eigenvalue weighted by atomic mass is 35.5. The normalized spacial score (nSPS) is 11.9. The molecule has 2 aromatic carbocycles. The Bertz CT molecular complexity index is 1830. The molecular formula is C22H18Cl2N4O6S3. The Hall–Kier alpha value is -3.10. The van der Waals surface area contributed by atoms with E-state index in [4.69, 9.17) is 23.2 Å². The maximum Gasteiger partial charge on any atom is 0.333 e. The minimum absolute atomic E-state index is 0.00144. The number of thiophene rings is 1. The van der Waals surface area contributed by atoms with E-state index in [1.807, 2.05) is 4.72 Å². The molecule has 0 spiro atoms. The molecule has 0 saturated heterocycles. The SMILES string of the molecule is CNc1ccc2c(=O)n(-c3ccc(NC(=O)NS(=O)(=O)c4ccc(Cl)s4)cc3Cl)cc(S(C)(=O)=O)c2c1. The average Bonchev–Trinajstić information content (AvgIpc) is 3.26. The van der Waals surface area contributed by atoms with Gasteiger partial charge in [0, 0.05) is 41.6 Å². The molecule has 0 unspecified atom stereocenters. The number of aromatic nitrogens is 1. The summed E-state index contributed by atoms with van der Waals surface area (Å²) in [5, 5.41) is 5.69. The largest absolute Gasteiger partial charge is 0.388 e. The number of rotatable bonds is 6. The molecule has 194 valence electrons. The number of halogens is 2. The molecule has 37 heavy (non-hydrogen) atoms. The molecule has 0 atom stereocenters. The van der Waals surface area contributed by atoms with Crippen LogP contribution in [-0.4, -0.2) is 40.7 Å². The van der Waals surface area contributed by atoms with Gasteiger partial charge in [0.25, 0.3) is 15.6 Å². The molecule has 3 N–H and O–H groups in total. The van der Waals surface area contributed by atoms with Crippen molar-refractivity contribution in [2.75, 3.05) is 23.9 Å². The van der Waals surface area contributed by atoms with Crippen LogP contribution in [0, 0.1) is 0 Å². The zero-order valence-electron chi connectivity index (χ0n) is 19.1. The highest BCUT2D eigenvalue weighted by Gasteiger charge is 2.21. The first-order valence-corrected chi connectivity index (χ1v) is 15.2. The number of carbonyl (C=O) groups excluding carboxylic acids is 1. The van der Waals surface area contributed by atoms with Gasteiger partial charge in [-0.2, -0.15) is 0 Å². The third-order valence-electron chi connectivity index (χ3n) is 5.17. The molecule has 0 aliphatic heterocycles. The Kier molecular flexibility index (Phi) is 7.27. The standard InChI is InChI=1S/C22H18Cl2N4O6S3/c1-25-12-3-5-14-15(9-12)18(36(2,31)32)11-28(21(14)29)17-6-4-13(10-16(17)23)26-22(30)27-37(33,34)20-8-7-19(24)35-20/h3-11,25H,1-2H3,(H2,26,27,30). The number of sulfonamides is 1. The second kappa shape index (κ2) is 9.99. The number of hydrogen-bond donors (Lipinski definition) is 3. The molecule has 4 rings (SSSR count). The first-order valence-electron chi connectivity index (χ1n) is 10.3. The topological polar surface area (TPSA) is 143 Å². The van der Waals surface area contributed by atoms with Crippen molar-refractivity contribution in [2.24, 2.45) is 0 Å². The van der Waals surface area contributed by atoms with Crippen LogP contribution in [0.4, 0.5) is 16.2 Å². The van der Waals surface area contributed by atoms with E-state index in [0.717, 1.165) is 22.2 Å². The van der Waals surface area contributed by atoms with E-state index in [1.54, 1.807) is 19.2 Å². The van der Waals surface area contributed by atoms with Crippen molar-refractivity contribution in [3.63, 3.8) is 0 Å². The second-order valence-corrected chi connectivity index (χ2v) is 13.8. The van der Waals surface area contributed by atoms with Crippen molar-refractivity contribution in [3.05, 3.63) is 74.4 Å². The van der Waals surface area contributed by atoms with Crippen molar-refractivity contribution < 1.29 is 21.6 Å². The molecule has 0 aliphatic rings. The maximum atomic E-state index is 13.3. The number of nitrogens with one attached hydrogen (secondary N) is 3. The van der Waals surface area contributed by atoms with Gasteiger partial charge in [0.05, 0.1) is 19.9 Å². The van der Waals surface area contributed by atoms with E-state index in [0.29, 0.717) is 5.69 Å². The Balaban J connectivity index is 1.69. The van der Waals surface area contributed by atoms with Crippen molar-refractivity contribution in [3.8, 4) is 5.69 Å². The number of urea groups is 1. The van der Waals surface area contributed by atoms with Gasteiger partial charge in [-0.15, -0.1) is 11.3 Å². The van der Waals surface area contributed by atoms with Crippen molar-refractivity contribution in [2.45, 2.75) is 9.10 Å². The van der Waals surface area contributed by atoms with E-state index in [9.17, 15) is 26.4 Å². The predicted octanol–water partition coefficient (Wildman–Crippen LogP) is 4.31. The minimum atomic E-state index is -4.14. The molecule has 0 radical (unpaired) electrons. The first kappa shape index (κ1) is 26.9. The Labute approximate surface area is 225 Å². The quantitative estimate of drug-likeness (QED) is 0.299. The van der Waals surface area contributed by atoms with Gasteiger partial charge in [0.1, 0.15) is 4.21 Å². The number of carbonyl (C=O) groups is 1. The minimum Gasteiger partial charge on any atom is -0.388 e. The van der Waals surface area contributed by atoms with Crippen LogP contribution >= 0.6 is 34.5 Å². The van der Waals surface area contributed by atoms with Crippen LogP contribution in [0.3, 0.4) is 0 Å². The molecule has 2 aromatic heterocycles. The summed E-state index contributed by atoms with van der Waals surface area (Å²) in [5.41, 5.74) is 0.404. The van der Waals surface area contributed by atoms with Crippen LogP contribution in [0.5, 0.6) is 0 Å². The summed E-state index contributed by atoms with van der Waals surface area (Å²) in [6.07, 6.45) is 2.23. The molecule has 4 aromatic rings. The lowest BCUT2D eigenvalue weighted by Crippen LogP contribution is -2.34. The predicted molar refractivity (Wildman–Crippen MR) is 146 cm³/mol. The summed E-state index contributed by atoms with van der Waals surface area (Å²) in [4.78, 5) is 25.5. The summed E-state index contributed by atoms with van der Waals surface area (Å²) in [6, 6.07) is 10.4. The van der Waals surface area contributed by atoms with Gasteiger partial charge in [-0.1, -0.05) is 23.2 Å². The van der Waals surface area contributed by atoms with E-state index in [2.05, 4.69) is 10.6 Å². The monoisotopic (exact) mass is 600 g/mol. The van der Waals surface area contributed by atoms with Crippen LogP contribution in [0.25, 0.3) is 16.5 Å². The Morgan fingerprint density at radius 1 is 0.946 bits per heavy atom. The van der Waals surface area contributed by atoms with Gasteiger partial charge in [0.15, 0.2) is 9.84 Å². The van der Waals surface area contributed by atoms with Crippen LogP contribution in [-0.2, 0) is 19.9 Å². The number of anilines is 2. The third kappa shape index (κ3) is 5.60. The van der Waals surface area contributed by atoms with Crippen molar-refractivity contribution in [1.29, 1.82) is 0 Å².